The van der Waals surface area contributed by atoms with Gasteiger partial charge in [0.05, 0.1) is 6.21 Å². The van der Waals surface area contributed by atoms with Gasteiger partial charge in [-0.3, -0.25) is 4.79 Å². The maximum absolute atomic E-state index is 11.9. The average Bonchev–Trinajstić information content (AvgIpc) is 2.68. The number of nitrogens with one attached hydrogen (secondary N) is 1. The van der Waals surface area contributed by atoms with E-state index < -0.39 is 0 Å². The van der Waals surface area contributed by atoms with Crippen molar-refractivity contribution < 1.29 is 14.6 Å². The topological polar surface area (TPSA) is 74.2 Å². The third-order valence-electron chi connectivity index (χ3n) is 4.63. The van der Waals surface area contributed by atoms with Gasteiger partial charge in [-0.25, -0.2) is 5.43 Å². The fourth-order valence-corrected chi connectivity index (χ4v) is 2.83. The Bertz CT molecular complexity index is 835. The van der Waals surface area contributed by atoms with Crippen LogP contribution in [0.4, 0.5) is 5.69 Å². The van der Waals surface area contributed by atoms with Gasteiger partial charge in [-0.15, -0.1) is 0 Å². The monoisotopic (exact) mass is 397 g/mol. The van der Waals surface area contributed by atoms with Crippen LogP contribution in [-0.4, -0.2) is 36.9 Å². The average molecular weight is 398 g/mol. The summed E-state index contributed by atoms with van der Waals surface area (Å²) in [6.45, 7) is 12.1. The Balaban J connectivity index is 1.86. The van der Waals surface area contributed by atoms with Crippen molar-refractivity contribution in [2.75, 3.05) is 24.6 Å². The zero-order valence-corrected chi connectivity index (χ0v) is 17.9. The molecule has 0 spiro atoms. The first-order chi connectivity index (χ1) is 13.7. The second-order valence-electron chi connectivity index (χ2n) is 7.77. The molecular formula is C23H31N3O3. The minimum absolute atomic E-state index is 0.0692. The van der Waals surface area contributed by atoms with Gasteiger partial charge in [-0.05, 0) is 49.1 Å². The minimum Gasteiger partial charge on any atom is -0.507 e. The SMILES string of the molecule is CCN(CC)c1ccc(/C=N\NC(=O)COc2ccc(C(C)(C)C)cc2)c(O)c1. The molecule has 2 aromatic carbocycles. The molecule has 29 heavy (non-hydrogen) atoms. The molecule has 2 rings (SSSR count). The van der Waals surface area contributed by atoms with Gasteiger partial charge in [-0.1, -0.05) is 32.9 Å². The number of hydrogen-bond donors (Lipinski definition) is 2. The van der Waals surface area contributed by atoms with Crippen LogP contribution < -0.4 is 15.1 Å². The number of phenols is 1. The summed E-state index contributed by atoms with van der Waals surface area (Å²) in [4.78, 5) is 14.1. The van der Waals surface area contributed by atoms with E-state index in [9.17, 15) is 9.90 Å². The van der Waals surface area contributed by atoms with Gasteiger partial charge in [0.2, 0.25) is 0 Å². The maximum Gasteiger partial charge on any atom is 0.277 e. The molecule has 0 bridgehead atoms. The highest BCUT2D eigenvalue weighted by Crippen LogP contribution is 2.24. The normalized spacial score (nSPS) is 11.5. The first-order valence-electron chi connectivity index (χ1n) is 9.87. The van der Waals surface area contributed by atoms with Crippen LogP contribution in [0.15, 0.2) is 47.6 Å². The Kier molecular flexibility index (Phi) is 7.65. The zero-order valence-electron chi connectivity index (χ0n) is 17.9. The van der Waals surface area contributed by atoms with Crippen LogP contribution in [0.3, 0.4) is 0 Å². The lowest BCUT2D eigenvalue weighted by atomic mass is 9.87. The van der Waals surface area contributed by atoms with E-state index in [-0.39, 0.29) is 23.7 Å². The van der Waals surface area contributed by atoms with Crippen LogP contribution in [0.25, 0.3) is 0 Å². The summed E-state index contributed by atoms with van der Waals surface area (Å²) in [6.07, 6.45) is 1.41. The minimum atomic E-state index is -0.375. The molecule has 2 aromatic rings. The highest BCUT2D eigenvalue weighted by atomic mass is 16.5. The largest absolute Gasteiger partial charge is 0.507 e. The fraction of sp³-hybridized carbons (Fsp3) is 0.391. The number of anilines is 1. The molecule has 0 aliphatic carbocycles. The molecule has 0 saturated carbocycles. The number of carbonyl (C=O) groups is 1. The first kappa shape index (κ1) is 22.3. The van der Waals surface area contributed by atoms with Gasteiger partial charge in [0.1, 0.15) is 11.5 Å². The predicted molar refractivity (Wildman–Crippen MR) is 118 cm³/mol. The molecule has 0 atom stereocenters. The number of hydrazone groups is 1. The van der Waals surface area contributed by atoms with E-state index in [1.807, 2.05) is 30.3 Å². The zero-order chi connectivity index (χ0) is 21.4. The molecule has 0 aliphatic rings. The summed E-state index contributed by atoms with van der Waals surface area (Å²) in [5.74, 6) is 0.366. The van der Waals surface area contributed by atoms with Crippen molar-refractivity contribution in [2.24, 2.45) is 5.10 Å². The molecule has 0 unspecified atom stereocenters. The number of ether oxygens (including phenoxy) is 1. The second kappa shape index (κ2) is 9.96. The van der Waals surface area contributed by atoms with Gasteiger partial charge in [0, 0.05) is 30.4 Å². The molecule has 0 aromatic heterocycles. The van der Waals surface area contributed by atoms with E-state index in [4.69, 9.17) is 4.74 Å². The van der Waals surface area contributed by atoms with Crippen LogP contribution in [0.1, 0.15) is 45.7 Å². The lowest BCUT2D eigenvalue weighted by Gasteiger charge is -2.21. The van der Waals surface area contributed by atoms with E-state index in [2.05, 4.69) is 50.0 Å². The third kappa shape index (κ3) is 6.52. The van der Waals surface area contributed by atoms with Crippen molar-refractivity contribution in [3.05, 3.63) is 53.6 Å². The summed E-state index contributed by atoms with van der Waals surface area (Å²) >= 11 is 0. The number of nitrogens with zero attached hydrogens (tertiary/aromatic N) is 2. The summed E-state index contributed by atoms with van der Waals surface area (Å²) in [7, 11) is 0. The molecule has 1 amide bonds. The lowest BCUT2D eigenvalue weighted by molar-refractivity contribution is -0.123. The predicted octanol–water partition coefficient (Wildman–Crippen LogP) is 4.07. The number of amides is 1. The Labute approximate surface area is 173 Å². The molecule has 0 fully saturated rings. The van der Waals surface area contributed by atoms with Crippen LogP contribution in [0, 0.1) is 0 Å². The number of hydrogen-bond acceptors (Lipinski definition) is 5. The van der Waals surface area contributed by atoms with Gasteiger partial charge in [0.25, 0.3) is 5.91 Å². The van der Waals surface area contributed by atoms with Gasteiger partial charge >= 0.3 is 0 Å². The van der Waals surface area contributed by atoms with Gasteiger partial charge < -0.3 is 14.7 Å². The second-order valence-corrected chi connectivity index (χ2v) is 7.77. The number of carbonyl (C=O) groups excluding carboxylic acids is 1. The van der Waals surface area contributed by atoms with Gasteiger partial charge in [0.15, 0.2) is 6.61 Å². The standard InChI is InChI=1S/C23H31N3O3/c1-6-26(7-2)19-11-8-17(21(27)14-19)15-24-25-22(28)16-29-20-12-9-18(10-13-20)23(3,4)5/h8-15,27H,6-7,16H2,1-5H3,(H,25,28)/b24-15-. The van der Waals surface area contributed by atoms with Crippen molar-refractivity contribution >= 4 is 17.8 Å². The van der Waals surface area contributed by atoms with E-state index >= 15 is 0 Å². The highest BCUT2D eigenvalue weighted by molar-refractivity contribution is 5.86. The molecule has 6 heteroatoms. The summed E-state index contributed by atoms with van der Waals surface area (Å²) in [5.41, 5.74) is 5.15. The van der Waals surface area contributed by atoms with Crippen molar-refractivity contribution in [1.82, 2.24) is 5.43 Å². The summed E-state index contributed by atoms with van der Waals surface area (Å²) in [6, 6.07) is 13.1. The molecule has 0 saturated heterocycles. The number of aromatic hydroxyl groups is 1. The van der Waals surface area contributed by atoms with Crippen LogP contribution in [-0.2, 0) is 10.2 Å². The van der Waals surface area contributed by atoms with Crippen molar-refractivity contribution in [2.45, 2.75) is 40.0 Å². The number of phenolic OH excluding ortho intramolecular Hbond substituents is 1. The van der Waals surface area contributed by atoms with E-state index in [0.29, 0.717) is 11.3 Å². The Hall–Kier alpha value is -3.02. The molecule has 0 heterocycles. The van der Waals surface area contributed by atoms with E-state index in [1.165, 1.54) is 11.8 Å². The van der Waals surface area contributed by atoms with Crippen LogP contribution in [0.5, 0.6) is 11.5 Å². The van der Waals surface area contributed by atoms with Crippen molar-refractivity contribution in [3.8, 4) is 11.5 Å². The van der Waals surface area contributed by atoms with Crippen LogP contribution in [0.2, 0.25) is 0 Å². The quantitative estimate of drug-likeness (QED) is 0.520. The molecule has 2 N–H and O–H groups in total. The van der Waals surface area contributed by atoms with Crippen molar-refractivity contribution in [1.29, 1.82) is 0 Å². The number of rotatable bonds is 8. The van der Waals surface area contributed by atoms with E-state index in [0.717, 1.165) is 18.8 Å². The lowest BCUT2D eigenvalue weighted by Crippen LogP contribution is -2.24. The molecule has 156 valence electrons. The Morgan fingerprint density at radius 2 is 1.79 bits per heavy atom. The van der Waals surface area contributed by atoms with E-state index in [1.54, 1.807) is 12.1 Å². The molecular weight excluding hydrogens is 366 g/mol. The molecule has 6 nitrogen and oxygen atoms in total. The maximum atomic E-state index is 11.9. The summed E-state index contributed by atoms with van der Waals surface area (Å²) in [5, 5.41) is 14.1. The summed E-state index contributed by atoms with van der Waals surface area (Å²) < 4.78 is 5.49. The Morgan fingerprint density at radius 1 is 1.14 bits per heavy atom. The molecule has 0 radical (unpaired) electrons. The number of benzene rings is 2. The molecule has 0 aliphatic heterocycles. The van der Waals surface area contributed by atoms with Crippen molar-refractivity contribution in [3.63, 3.8) is 0 Å². The first-order valence-corrected chi connectivity index (χ1v) is 9.87. The smallest absolute Gasteiger partial charge is 0.277 e. The third-order valence-corrected chi connectivity index (χ3v) is 4.63. The Morgan fingerprint density at radius 3 is 2.34 bits per heavy atom. The van der Waals surface area contributed by atoms with Crippen LogP contribution >= 0.6 is 0 Å². The van der Waals surface area contributed by atoms with Gasteiger partial charge in [-0.2, -0.15) is 5.10 Å². The highest BCUT2D eigenvalue weighted by Gasteiger charge is 2.13. The fourth-order valence-electron chi connectivity index (χ4n) is 2.83.